The summed E-state index contributed by atoms with van der Waals surface area (Å²) in [7, 11) is 0. The maximum Gasteiger partial charge on any atom is 0.407 e. The van der Waals surface area contributed by atoms with Crippen molar-refractivity contribution in [2.75, 3.05) is 11.9 Å². The van der Waals surface area contributed by atoms with Crippen LogP contribution in [0.1, 0.15) is 42.5 Å². The van der Waals surface area contributed by atoms with Crippen molar-refractivity contribution in [1.82, 2.24) is 14.9 Å². The highest BCUT2D eigenvalue weighted by atomic mass is 16.6. The lowest BCUT2D eigenvalue weighted by molar-refractivity contribution is 0.0527. The van der Waals surface area contributed by atoms with E-state index in [1.807, 2.05) is 42.5 Å². The monoisotopic (exact) mass is 514 g/mol. The van der Waals surface area contributed by atoms with Gasteiger partial charge in [-0.15, -0.1) is 0 Å². The molecule has 3 N–H and O–H groups in total. The molecule has 1 heterocycles. The second-order valence-electron chi connectivity index (χ2n) is 9.74. The van der Waals surface area contributed by atoms with Crippen LogP contribution in [0.2, 0.25) is 0 Å². The maximum absolute atomic E-state index is 13.9. The molecule has 0 bridgehead atoms. The summed E-state index contributed by atoms with van der Waals surface area (Å²) in [6.45, 7) is 6.01. The van der Waals surface area contributed by atoms with Gasteiger partial charge in [0, 0.05) is 25.2 Å². The van der Waals surface area contributed by atoms with E-state index in [-0.39, 0.29) is 17.7 Å². The molecular weight excluding hydrogens is 484 g/mol. The van der Waals surface area contributed by atoms with Gasteiger partial charge in [-0.1, -0.05) is 36.4 Å². The Labute approximate surface area is 220 Å². The van der Waals surface area contributed by atoms with Crippen LogP contribution in [-0.2, 0) is 17.7 Å². The van der Waals surface area contributed by atoms with Gasteiger partial charge in [-0.05, 0) is 62.7 Å². The molecule has 0 unspecified atom stereocenters. The second kappa shape index (κ2) is 11.2. The van der Waals surface area contributed by atoms with E-state index in [4.69, 9.17) is 14.8 Å². The minimum absolute atomic E-state index is 0.211. The number of aromatic nitrogens is 2. The van der Waals surface area contributed by atoms with Gasteiger partial charge in [-0.25, -0.2) is 14.6 Å². The minimum Gasteiger partial charge on any atom is -0.478 e. The van der Waals surface area contributed by atoms with E-state index in [1.54, 1.807) is 55.7 Å². The van der Waals surface area contributed by atoms with E-state index in [1.165, 1.54) is 0 Å². The molecule has 9 nitrogen and oxygen atoms in total. The molecule has 0 atom stereocenters. The van der Waals surface area contributed by atoms with Crippen LogP contribution in [0.5, 0.6) is 0 Å². The van der Waals surface area contributed by atoms with Crippen LogP contribution in [0.3, 0.4) is 0 Å². The largest absolute Gasteiger partial charge is 0.478 e. The number of ether oxygens (including phenoxy) is 1. The van der Waals surface area contributed by atoms with Gasteiger partial charge in [-0.3, -0.25) is 9.36 Å². The molecule has 3 aromatic carbocycles. The Morgan fingerprint density at radius 1 is 0.974 bits per heavy atom. The number of benzene rings is 3. The molecule has 1 amide bonds. The van der Waals surface area contributed by atoms with Crippen molar-refractivity contribution in [3.8, 4) is 5.69 Å². The highest BCUT2D eigenvalue weighted by molar-refractivity contribution is 5.91. The number of alkyl carbamates (subject to hydrolysis) is 1. The third kappa shape index (κ3) is 6.36. The van der Waals surface area contributed by atoms with Crippen LogP contribution in [0.25, 0.3) is 16.6 Å². The Morgan fingerprint density at radius 2 is 1.68 bits per heavy atom. The number of carboxylic acids is 1. The molecule has 0 aliphatic heterocycles. The minimum atomic E-state index is -0.983. The number of nitrogens with one attached hydrogen (secondary N) is 2. The molecule has 1 aromatic heterocycles. The molecule has 4 aromatic rings. The third-order valence-corrected chi connectivity index (χ3v) is 5.68. The highest BCUT2D eigenvalue weighted by Gasteiger charge is 2.18. The standard InChI is InChI=1S/C29H30N4O5/c1-29(2,3)38-28(37)30-17-16-24-32-23-11-7-10-22(31-18-19-12-14-20(15-13-19)27(35)36)25(23)26(34)33(24)21-8-5-4-6-9-21/h4-15,31H,16-18H2,1-3H3,(H,30,37)(H,35,36). The van der Waals surface area contributed by atoms with Crippen LogP contribution in [0.4, 0.5) is 10.5 Å². The fourth-order valence-corrected chi connectivity index (χ4v) is 3.99. The number of para-hydroxylation sites is 1. The molecule has 0 fully saturated rings. The summed E-state index contributed by atoms with van der Waals surface area (Å²) in [6, 6.07) is 21.2. The zero-order valence-corrected chi connectivity index (χ0v) is 21.5. The van der Waals surface area contributed by atoms with Gasteiger partial charge < -0.3 is 20.5 Å². The van der Waals surface area contributed by atoms with E-state index in [9.17, 15) is 14.4 Å². The Kier molecular flexibility index (Phi) is 7.76. The van der Waals surface area contributed by atoms with E-state index < -0.39 is 17.7 Å². The SMILES string of the molecule is CC(C)(C)OC(=O)NCCc1nc2cccc(NCc3ccc(C(=O)O)cc3)c2c(=O)n1-c1ccccc1. The van der Waals surface area contributed by atoms with Crippen molar-refractivity contribution in [2.45, 2.75) is 39.3 Å². The van der Waals surface area contributed by atoms with E-state index >= 15 is 0 Å². The molecule has 9 heteroatoms. The number of amides is 1. The summed E-state index contributed by atoms with van der Waals surface area (Å²) in [5.74, 6) is -0.477. The molecule has 4 rings (SSSR count). The van der Waals surface area contributed by atoms with Gasteiger partial charge in [0.25, 0.3) is 5.56 Å². The summed E-state index contributed by atoms with van der Waals surface area (Å²) in [6.07, 6.45) is -0.220. The molecule has 0 saturated heterocycles. The fraction of sp³-hybridized carbons (Fsp3) is 0.241. The Bertz CT molecular complexity index is 1510. The zero-order chi connectivity index (χ0) is 27.3. The van der Waals surface area contributed by atoms with Gasteiger partial charge in [0.15, 0.2) is 0 Å². The predicted octanol–water partition coefficient (Wildman–Crippen LogP) is 4.76. The number of hydrogen-bond acceptors (Lipinski definition) is 6. The predicted molar refractivity (Wildman–Crippen MR) is 146 cm³/mol. The number of nitrogens with zero attached hydrogens (tertiary/aromatic N) is 2. The zero-order valence-electron chi connectivity index (χ0n) is 21.5. The average Bonchev–Trinajstić information content (AvgIpc) is 2.87. The molecule has 0 aliphatic rings. The molecule has 0 radical (unpaired) electrons. The molecule has 0 aliphatic carbocycles. The first-order valence-corrected chi connectivity index (χ1v) is 12.3. The third-order valence-electron chi connectivity index (χ3n) is 5.68. The number of carbonyl (C=O) groups excluding carboxylic acids is 1. The molecule has 196 valence electrons. The van der Waals surface area contributed by atoms with Crippen LogP contribution in [0.15, 0.2) is 77.6 Å². The number of hydrogen-bond donors (Lipinski definition) is 3. The van der Waals surface area contributed by atoms with Crippen LogP contribution in [-0.4, -0.2) is 38.9 Å². The Balaban J connectivity index is 1.66. The smallest absolute Gasteiger partial charge is 0.407 e. The molecule has 38 heavy (non-hydrogen) atoms. The van der Waals surface area contributed by atoms with Gasteiger partial charge in [0.05, 0.1) is 22.2 Å². The average molecular weight is 515 g/mol. The first-order valence-electron chi connectivity index (χ1n) is 12.3. The lowest BCUT2D eigenvalue weighted by Crippen LogP contribution is -2.34. The van der Waals surface area contributed by atoms with E-state index in [0.29, 0.717) is 41.1 Å². The van der Waals surface area contributed by atoms with Crippen molar-refractivity contribution in [1.29, 1.82) is 0 Å². The summed E-state index contributed by atoms with van der Waals surface area (Å²) in [5, 5.41) is 15.6. The topological polar surface area (TPSA) is 123 Å². The lowest BCUT2D eigenvalue weighted by Gasteiger charge is -2.20. The summed E-state index contributed by atoms with van der Waals surface area (Å²) in [5.41, 5.74) is 2.04. The van der Waals surface area contributed by atoms with Crippen molar-refractivity contribution >= 4 is 28.7 Å². The van der Waals surface area contributed by atoms with Crippen LogP contribution < -0.4 is 16.2 Å². The summed E-state index contributed by atoms with van der Waals surface area (Å²) < 4.78 is 6.87. The normalized spacial score (nSPS) is 11.2. The van der Waals surface area contributed by atoms with E-state index in [2.05, 4.69) is 10.6 Å². The second-order valence-corrected chi connectivity index (χ2v) is 9.74. The van der Waals surface area contributed by atoms with Crippen LogP contribution in [0, 0.1) is 0 Å². The number of carboxylic acid groups (broad SMARTS) is 1. The molecule has 0 saturated carbocycles. The van der Waals surface area contributed by atoms with Crippen LogP contribution >= 0.6 is 0 Å². The summed E-state index contributed by atoms with van der Waals surface area (Å²) in [4.78, 5) is 41.9. The van der Waals surface area contributed by atoms with Crippen molar-refractivity contribution < 1.29 is 19.4 Å². The van der Waals surface area contributed by atoms with Gasteiger partial charge in [0.2, 0.25) is 0 Å². The number of rotatable bonds is 8. The number of anilines is 1. The lowest BCUT2D eigenvalue weighted by atomic mass is 10.1. The molecular formula is C29H30N4O5. The number of carbonyl (C=O) groups is 2. The first kappa shape index (κ1) is 26.4. The highest BCUT2D eigenvalue weighted by Crippen LogP contribution is 2.22. The van der Waals surface area contributed by atoms with Gasteiger partial charge >= 0.3 is 12.1 Å². The first-order chi connectivity index (χ1) is 18.1. The van der Waals surface area contributed by atoms with Crippen molar-refractivity contribution in [2.24, 2.45) is 0 Å². The Morgan fingerprint density at radius 3 is 2.34 bits per heavy atom. The van der Waals surface area contributed by atoms with Gasteiger partial charge in [-0.2, -0.15) is 0 Å². The quantitative estimate of drug-likeness (QED) is 0.310. The Hall–Kier alpha value is -4.66. The van der Waals surface area contributed by atoms with Crippen molar-refractivity contribution in [3.05, 3.63) is 100 Å². The fourth-order valence-electron chi connectivity index (χ4n) is 3.99. The van der Waals surface area contributed by atoms with Crippen molar-refractivity contribution in [3.63, 3.8) is 0 Å². The number of fused-ring (bicyclic) bond motifs is 1. The molecule has 0 spiro atoms. The summed E-state index contributed by atoms with van der Waals surface area (Å²) >= 11 is 0. The number of aromatic carboxylic acids is 1. The van der Waals surface area contributed by atoms with E-state index in [0.717, 1.165) is 5.56 Å². The maximum atomic E-state index is 13.9. The van der Waals surface area contributed by atoms with Gasteiger partial charge in [0.1, 0.15) is 11.4 Å².